The molecule has 8 heteroatoms. The van der Waals surface area contributed by atoms with E-state index in [0.717, 1.165) is 6.07 Å². The van der Waals surface area contributed by atoms with Crippen molar-refractivity contribution in [2.75, 3.05) is 0 Å². The molecule has 1 saturated carbocycles. The van der Waals surface area contributed by atoms with Gasteiger partial charge in [0.05, 0.1) is 12.1 Å². The van der Waals surface area contributed by atoms with Crippen LogP contribution in [0.25, 0.3) is 0 Å². The van der Waals surface area contributed by atoms with E-state index in [-0.39, 0.29) is 23.8 Å². The third-order valence-electron chi connectivity index (χ3n) is 4.49. The van der Waals surface area contributed by atoms with Crippen molar-refractivity contribution < 1.29 is 18.7 Å². The van der Waals surface area contributed by atoms with E-state index in [4.69, 9.17) is 0 Å². The second kappa shape index (κ2) is 7.69. The van der Waals surface area contributed by atoms with Crippen molar-refractivity contribution in [3.05, 3.63) is 48.1 Å². The summed E-state index contributed by atoms with van der Waals surface area (Å²) in [5.74, 6) is -1.62. The minimum atomic E-state index is -0.686. The number of nitrogens with zero attached hydrogens (tertiary/aromatic N) is 3. The van der Waals surface area contributed by atoms with Gasteiger partial charge in [0.15, 0.2) is 0 Å². The number of halogens is 2. The average Bonchev–Trinajstić information content (AvgIpc) is 3.04. The number of amides is 1. The lowest BCUT2D eigenvalue weighted by molar-refractivity contribution is -0.123. The van der Waals surface area contributed by atoms with Gasteiger partial charge in [0.2, 0.25) is 5.91 Å². The Kier molecular flexibility index (Phi) is 5.37. The van der Waals surface area contributed by atoms with Gasteiger partial charge in [-0.25, -0.2) is 13.8 Å². The Balaban J connectivity index is 1.62. The Morgan fingerprint density at radius 2 is 2.20 bits per heavy atom. The quantitative estimate of drug-likeness (QED) is 0.800. The Hall–Kier alpha value is -2.35. The van der Waals surface area contributed by atoms with Gasteiger partial charge < -0.3 is 10.4 Å². The summed E-state index contributed by atoms with van der Waals surface area (Å²) >= 11 is 0. The molecule has 1 atom stereocenters. The number of aromatic nitrogens is 3. The maximum atomic E-state index is 14.1. The largest absolute Gasteiger partial charge is 0.393 e. The summed E-state index contributed by atoms with van der Waals surface area (Å²) in [4.78, 5) is 16.1. The molecule has 1 heterocycles. The molecule has 2 N–H and O–H groups in total. The van der Waals surface area contributed by atoms with Crippen LogP contribution in [-0.4, -0.2) is 31.9 Å². The van der Waals surface area contributed by atoms with Crippen LogP contribution in [0.3, 0.4) is 0 Å². The van der Waals surface area contributed by atoms with Gasteiger partial charge in [0, 0.05) is 24.6 Å². The monoisotopic (exact) mass is 350 g/mol. The SMILES string of the molecule is O=C(CCCn1cncn1)N[C@@H](c1ccc(F)cc1F)C1CC(O)C1. The number of rotatable bonds is 7. The Bertz CT molecular complexity index is 717. The van der Waals surface area contributed by atoms with Crippen LogP contribution in [0, 0.1) is 17.6 Å². The highest BCUT2D eigenvalue weighted by molar-refractivity contribution is 5.76. The lowest BCUT2D eigenvalue weighted by Crippen LogP contribution is -2.41. The Morgan fingerprint density at radius 3 is 2.84 bits per heavy atom. The van der Waals surface area contributed by atoms with Crippen LogP contribution in [-0.2, 0) is 11.3 Å². The summed E-state index contributed by atoms with van der Waals surface area (Å²) < 4.78 is 28.9. The molecule has 0 radical (unpaired) electrons. The normalized spacial score (nSPS) is 20.8. The molecule has 0 unspecified atom stereocenters. The second-order valence-corrected chi connectivity index (χ2v) is 6.36. The van der Waals surface area contributed by atoms with E-state index < -0.39 is 23.8 Å². The van der Waals surface area contributed by atoms with Crippen molar-refractivity contribution in [1.82, 2.24) is 20.1 Å². The zero-order valence-electron chi connectivity index (χ0n) is 13.6. The molecule has 1 aromatic carbocycles. The van der Waals surface area contributed by atoms with Crippen molar-refractivity contribution in [1.29, 1.82) is 0 Å². The van der Waals surface area contributed by atoms with Crippen LogP contribution < -0.4 is 5.32 Å². The number of aryl methyl sites for hydroxylation is 1. The van der Waals surface area contributed by atoms with Gasteiger partial charge in [-0.05, 0) is 31.2 Å². The van der Waals surface area contributed by atoms with Gasteiger partial charge in [-0.3, -0.25) is 9.48 Å². The third-order valence-corrected chi connectivity index (χ3v) is 4.49. The van der Waals surface area contributed by atoms with E-state index in [1.54, 1.807) is 11.0 Å². The third kappa shape index (κ3) is 4.39. The minimum Gasteiger partial charge on any atom is -0.393 e. The zero-order chi connectivity index (χ0) is 17.8. The van der Waals surface area contributed by atoms with E-state index in [0.29, 0.717) is 25.8 Å². The molecular formula is C17H20F2N4O2. The summed E-state index contributed by atoms with van der Waals surface area (Å²) in [6, 6.07) is 2.78. The predicted molar refractivity (Wildman–Crippen MR) is 85.2 cm³/mol. The fourth-order valence-corrected chi connectivity index (χ4v) is 3.10. The molecular weight excluding hydrogens is 330 g/mol. The summed E-state index contributed by atoms with van der Waals surface area (Å²) in [5, 5.41) is 16.3. The maximum Gasteiger partial charge on any atom is 0.220 e. The molecule has 134 valence electrons. The highest BCUT2D eigenvalue weighted by atomic mass is 19.1. The molecule has 1 fully saturated rings. The van der Waals surface area contributed by atoms with Crippen LogP contribution in [0.4, 0.5) is 8.78 Å². The van der Waals surface area contributed by atoms with Crippen LogP contribution in [0.2, 0.25) is 0 Å². The number of hydrogen-bond acceptors (Lipinski definition) is 4. The van der Waals surface area contributed by atoms with E-state index >= 15 is 0 Å². The fraction of sp³-hybridized carbons (Fsp3) is 0.471. The number of aliphatic hydroxyl groups excluding tert-OH is 1. The molecule has 1 aliphatic rings. The summed E-state index contributed by atoms with van der Waals surface area (Å²) in [6.07, 6.45) is 4.37. The second-order valence-electron chi connectivity index (χ2n) is 6.36. The maximum absolute atomic E-state index is 14.1. The van der Waals surface area contributed by atoms with Crippen molar-refractivity contribution in [3.8, 4) is 0 Å². The van der Waals surface area contributed by atoms with Crippen LogP contribution in [0.1, 0.15) is 37.3 Å². The highest BCUT2D eigenvalue weighted by Crippen LogP contribution is 2.39. The predicted octanol–water partition coefficient (Wildman–Crippen LogP) is 1.96. The molecule has 6 nitrogen and oxygen atoms in total. The van der Waals surface area contributed by atoms with Crippen molar-refractivity contribution in [3.63, 3.8) is 0 Å². The van der Waals surface area contributed by atoms with Gasteiger partial charge in [-0.1, -0.05) is 6.07 Å². The fourth-order valence-electron chi connectivity index (χ4n) is 3.10. The van der Waals surface area contributed by atoms with Gasteiger partial charge in [0.1, 0.15) is 24.3 Å². The van der Waals surface area contributed by atoms with Gasteiger partial charge in [-0.15, -0.1) is 0 Å². The lowest BCUT2D eigenvalue weighted by atomic mass is 9.75. The topological polar surface area (TPSA) is 80.0 Å². The summed E-state index contributed by atoms with van der Waals surface area (Å²) in [6.45, 7) is 0.561. The molecule has 1 aliphatic carbocycles. The molecule has 0 bridgehead atoms. The van der Waals surface area contributed by atoms with Crippen LogP contribution in [0.5, 0.6) is 0 Å². The van der Waals surface area contributed by atoms with Crippen LogP contribution >= 0.6 is 0 Å². The number of carbonyl (C=O) groups excluding carboxylic acids is 1. The van der Waals surface area contributed by atoms with E-state index in [1.807, 2.05) is 0 Å². The first-order chi connectivity index (χ1) is 12.0. The molecule has 0 spiro atoms. The van der Waals surface area contributed by atoms with Crippen LogP contribution in [0.15, 0.2) is 30.9 Å². The Morgan fingerprint density at radius 1 is 1.40 bits per heavy atom. The van der Waals surface area contributed by atoms with E-state index in [2.05, 4.69) is 15.4 Å². The first-order valence-electron chi connectivity index (χ1n) is 8.27. The van der Waals surface area contributed by atoms with Gasteiger partial charge >= 0.3 is 0 Å². The molecule has 0 aliphatic heterocycles. The number of aliphatic hydroxyl groups is 1. The van der Waals surface area contributed by atoms with E-state index in [9.17, 15) is 18.7 Å². The zero-order valence-corrected chi connectivity index (χ0v) is 13.6. The first kappa shape index (κ1) is 17.5. The van der Waals surface area contributed by atoms with Gasteiger partial charge in [-0.2, -0.15) is 5.10 Å². The first-order valence-corrected chi connectivity index (χ1v) is 8.27. The van der Waals surface area contributed by atoms with Crippen molar-refractivity contribution in [2.45, 2.75) is 44.4 Å². The summed E-state index contributed by atoms with van der Waals surface area (Å²) in [5.41, 5.74) is 0.253. The molecule has 1 amide bonds. The molecule has 3 rings (SSSR count). The highest BCUT2D eigenvalue weighted by Gasteiger charge is 2.36. The number of hydrogen-bond donors (Lipinski definition) is 2. The van der Waals surface area contributed by atoms with E-state index in [1.165, 1.54) is 18.5 Å². The number of benzene rings is 1. The Labute approximate surface area is 143 Å². The van der Waals surface area contributed by atoms with Crippen molar-refractivity contribution >= 4 is 5.91 Å². The summed E-state index contributed by atoms with van der Waals surface area (Å²) in [7, 11) is 0. The van der Waals surface area contributed by atoms with Crippen molar-refractivity contribution in [2.24, 2.45) is 5.92 Å². The molecule has 2 aromatic rings. The number of carbonyl (C=O) groups is 1. The number of nitrogens with one attached hydrogen (secondary N) is 1. The molecule has 1 aromatic heterocycles. The molecule has 0 saturated heterocycles. The average molecular weight is 350 g/mol. The molecule has 25 heavy (non-hydrogen) atoms. The standard InChI is InChI=1S/C17H20F2N4O2/c18-12-3-4-14(15(19)8-12)17(11-6-13(24)7-11)22-16(25)2-1-5-23-10-20-9-21-23/h3-4,8-11,13,17,24H,1-2,5-7H2,(H,22,25)/t11?,13?,17-/m1/s1. The smallest absolute Gasteiger partial charge is 0.220 e. The minimum absolute atomic E-state index is 0.0609. The van der Waals surface area contributed by atoms with Gasteiger partial charge in [0.25, 0.3) is 0 Å². The lowest BCUT2D eigenvalue weighted by Gasteiger charge is -2.38.